The molecule has 1 aromatic carbocycles. The fourth-order valence-corrected chi connectivity index (χ4v) is 2.22. The Hall–Kier alpha value is -1.18. The number of phenolic OH excluding ortho intramolecular Hbond substituents is 2. The maximum Gasteiger partial charge on any atom is 0.123 e. The van der Waals surface area contributed by atoms with E-state index in [1.807, 2.05) is 0 Å². The predicted octanol–water partition coefficient (Wildman–Crippen LogP) is 4.97. The van der Waals surface area contributed by atoms with Gasteiger partial charge in [0, 0.05) is 11.1 Å². The number of phenols is 2. The first-order valence-electron chi connectivity index (χ1n) is 7.49. The van der Waals surface area contributed by atoms with Crippen molar-refractivity contribution in [1.82, 2.24) is 0 Å². The molecule has 0 bridgehead atoms. The molecule has 2 N–H and O–H groups in total. The van der Waals surface area contributed by atoms with Gasteiger partial charge in [-0.2, -0.15) is 0 Å². The second-order valence-electron chi connectivity index (χ2n) is 7.64. The molecule has 0 aromatic heterocycles. The van der Waals surface area contributed by atoms with Gasteiger partial charge >= 0.3 is 0 Å². The highest BCUT2D eigenvalue weighted by atomic mass is 16.3. The normalized spacial score (nSPS) is 13.3. The van der Waals surface area contributed by atoms with Crippen molar-refractivity contribution in [2.24, 2.45) is 11.8 Å². The lowest BCUT2D eigenvalue weighted by Gasteiger charge is -2.35. The lowest BCUT2D eigenvalue weighted by Crippen LogP contribution is -2.28. The Bertz CT molecular complexity index is 441. The highest BCUT2D eigenvalue weighted by Gasteiger charge is 2.34. The van der Waals surface area contributed by atoms with E-state index in [0.29, 0.717) is 17.6 Å². The molecule has 0 aliphatic carbocycles. The third kappa shape index (κ3) is 2.79. The van der Waals surface area contributed by atoms with E-state index in [2.05, 4.69) is 55.4 Å². The maximum atomic E-state index is 10.8. The summed E-state index contributed by atoms with van der Waals surface area (Å²) in [5, 5.41) is 20.9. The first-order valence-corrected chi connectivity index (χ1v) is 7.49. The van der Waals surface area contributed by atoms with Crippen LogP contribution < -0.4 is 0 Å². The summed E-state index contributed by atoms with van der Waals surface area (Å²) in [4.78, 5) is 0. The largest absolute Gasteiger partial charge is 0.508 e. The molecular formula is C18H30O2. The van der Waals surface area contributed by atoms with Crippen LogP contribution in [0.5, 0.6) is 11.5 Å². The molecule has 0 aliphatic heterocycles. The van der Waals surface area contributed by atoms with Crippen LogP contribution in [0.3, 0.4) is 0 Å². The van der Waals surface area contributed by atoms with Crippen LogP contribution in [-0.2, 0) is 10.8 Å². The lowest BCUT2D eigenvalue weighted by molar-refractivity contribution is 0.324. The van der Waals surface area contributed by atoms with Crippen LogP contribution in [0.15, 0.2) is 12.1 Å². The van der Waals surface area contributed by atoms with Crippen molar-refractivity contribution >= 4 is 0 Å². The molecule has 2 nitrogen and oxygen atoms in total. The standard InChI is InChI=1S/C18H30O2/c1-11(2)17(5,6)14-9-13(19)10-15(16(14)20)18(7,8)12(3)4/h9-12,19-20H,1-8H3. The Morgan fingerprint density at radius 3 is 1.30 bits per heavy atom. The van der Waals surface area contributed by atoms with E-state index in [4.69, 9.17) is 0 Å². The number of aromatic hydroxyl groups is 2. The molecule has 20 heavy (non-hydrogen) atoms. The summed E-state index contributed by atoms with van der Waals surface area (Å²) in [6.45, 7) is 17.0. The van der Waals surface area contributed by atoms with Gasteiger partial charge in [0.1, 0.15) is 11.5 Å². The van der Waals surface area contributed by atoms with E-state index in [1.165, 1.54) is 0 Å². The Morgan fingerprint density at radius 1 is 0.750 bits per heavy atom. The zero-order valence-corrected chi connectivity index (χ0v) is 14.2. The summed E-state index contributed by atoms with van der Waals surface area (Å²) in [5.74, 6) is 1.30. The molecule has 114 valence electrons. The Labute approximate surface area is 123 Å². The molecule has 0 saturated heterocycles. The van der Waals surface area contributed by atoms with E-state index in [9.17, 15) is 10.2 Å². The molecule has 0 unspecified atom stereocenters. The van der Waals surface area contributed by atoms with Crippen LogP contribution in [0.2, 0.25) is 0 Å². The van der Waals surface area contributed by atoms with E-state index in [0.717, 1.165) is 11.1 Å². The summed E-state index contributed by atoms with van der Waals surface area (Å²) >= 11 is 0. The Morgan fingerprint density at radius 2 is 1.05 bits per heavy atom. The average Bonchev–Trinajstić information content (AvgIpc) is 2.30. The predicted molar refractivity (Wildman–Crippen MR) is 85.5 cm³/mol. The molecule has 0 amide bonds. The van der Waals surface area contributed by atoms with Gasteiger partial charge in [0.05, 0.1) is 0 Å². The van der Waals surface area contributed by atoms with Gasteiger partial charge in [-0.1, -0.05) is 55.4 Å². The van der Waals surface area contributed by atoms with Crippen LogP contribution >= 0.6 is 0 Å². The minimum Gasteiger partial charge on any atom is -0.508 e. The Kier molecular flexibility index (Phi) is 4.48. The summed E-state index contributed by atoms with van der Waals surface area (Å²) in [5.41, 5.74) is 1.28. The molecule has 0 spiro atoms. The van der Waals surface area contributed by atoms with Gasteiger partial charge in [-0.15, -0.1) is 0 Å². The van der Waals surface area contributed by atoms with Gasteiger partial charge in [-0.25, -0.2) is 0 Å². The first-order chi connectivity index (χ1) is 8.92. The van der Waals surface area contributed by atoms with E-state index in [-0.39, 0.29) is 16.6 Å². The van der Waals surface area contributed by atoms with Crippen LogP contribution in [0.25, 0.3) is 0 Å². The molecule has 0 atom stereocenters. The molecule has 0 heterocycles. The molecule has 0 radical (unpaired) electrons. The van der Waals surface area contributed by atoms with Crippen LogP contribution in [0.1, 0.15) is 66.5 Å². The summed E-state index contributed by atoms with van der Waals surface area (Å²) < 4.78 is 0. The van der Waals surface area contributed by atoms with E-state index >= 15 is 0 Å². The number of benzene rings is 1. The highest BCUT2D eigenvalue weighted by molar-refractivity contribution is 5.52. The molecule has 1 aromatic rings. The van der Waals surface area contributed by atoms with Crippen molar-refractivity contribution in [3.8, 4) is 11.5 Å². The highest BCUT2D eigenvalue weighted by Crippen LogP contribution is 2.46. The molecule has 2 heteroatoms. The Balaban J connectivity index is 3.57. The van der Waals surface area contributed by atoms with Crippen molar-refractivity contribution in [2.45, 2.75) is 66.2 Å². The van der Waals surface area contributed by atoms with Crippen molar-refractivity contribution in [3.63, 3.8) is 0 Å². The minimum absolute atomic E-state index is 0.190. The SMILES string of the molecule is CC(C)C(C)(C)c1cc(O)cc(C(C)(C)C(C)C)c1O. The quantitative estimate of drug-likeness (QED) is 0.764. The third-order valence-electron chi connectivity index (χ3n) is 5.37. The second kappa shape index (κ2) is 5.31. The van der Waals surface area contributed by atoms with Crippen molar-refractivity contribution in [1.29, 1.82) is 0 Å². The van der Waals surface area contributed by atoms with Gasteiger partial charge in [-0.3, -0.25) is 0 Å². The lowest BCUT2D eigenvalue weighted by atomic mass is 9.70. The summed E-state index contributed by atoms with van der Waals surface area (Å²) in [6.07, 6.45) is 0. The first kappa shape index (κ1) is 16.9. The van der Waals surface area contributed by atoms with Gasteiger partial charge in [0.25, 0.3) is 0 Å². The zero-order chi connectivity index (χ0) is 15.9. The van der Waals surface area contributed by atoms with Crippen LogP contribution in [0.4, 0.5) is 0 Å². The minimum atomic E-state index is -0.190. The van der Waals surface area contributed by atoms with Crippen LogP contribution in [0, 0.1) is 11.8 Å². The fourth-order valence-electron chi connectivity index (χ4n) is 2.22. The monoisotopic (exact) mass is 278 g/mol. The van der Waals surface area contributed by atoms with Gasteiger partial charge in [0.2, 0.25) is 0 Å². The number of hydrogen-bond donors (Lipinski definition) is 2. The number of rotatable bonds is 4. The molecule has 0 saturated carbocycles. The molecule has 1 rings (SSSR count). The van der Waals surface area contributed by atoms with Crippen LogP contribution in [-0.4, -0.2) is 10.2 Å². The summed E-state index contributed by atoms with van der Waals surface area (Å²) in [7, 11) is 0. The average molecular weight is 278 g/mol. The van der Waals surface area contributed by atoms with Crippen molar-refractivity contribution in [3.05, 3.63) is 23.3 Å². The topological polar surface area (TPSA) is 40.5 Å². The van der Waals surface area contributed by atoms with Crippen molar-refractivity contribution in [2.75, 3.05) is 0 Å². The molecule has 0 fully saturated rings. The number of hydrogen-bond acceptors (Lipinski definition) is 2. The molecular weight excluding hydrogens is 248 g/mol. The fraction of sp³-hybridized carbons (Fsp3) is 0.667. The second-order valence-corrected chi connectivity index (χ2v) is 7.64. The zero-order valence-electron chi connectivity index (χ0n) is 14.2. The van der Waals surface area contributed by atoms with Gasteiger partial charge in [-0.05, 0) is 34.8 Å². The van der Waals surface area contributed by atoms with E-state index < -0.39 is 0 Å². The smallest absolute Gasteiger partial charge is 0.123 e. The van der Waals surface area contributed by atoms with Gasteiger partial charge < -0.3 is 10.2 Å². The maximum absolute atomic E-state index is 10.8. The van der Waals surface area contributed by atoms with Crippen molar-refractivity contribution < 1.29 is 10.2 Å². The molecule has 0 aliphatic rings. The summed E-state index contributed by atoms with van der Waals surface area (Å²) in [6, 6.07) is 3.41. The van der Waals surface area contributed by atoms with Gasteiger partial charge in [0.15, 0.2) is 0 Å². The van der Waals surface area contributed by atoms with E-state index in [1.54, 1.807) is 12.1 Å². The third-order valence-corrected chi connectivity index (χ3v) is 5.37.